The van der Waals surface area contributed by atoms with Crippen molar-refractivity contribution in [1.82, 2.24) is 0 Å². The molecule has 0 heterocycles. The van der Waals surface area contributed by atoms with Gasteiger partial charge in [-0.2, -0.15) is 0 Å². The van der Waals surface area contributed by atoms with Gasteiger partial charge in [-0.15, -0.1) is 11.6 Å². The predicted molar refractivity (Wildman–Crippen MR) is 74.1 cm³/mol. The van der Waals surface area contributed by atoms with E-state index in [-0.39, 0.29) is 5.41 Å². The monoisotopic (exact) mass is 244 g/mol. The van der Waals surface area contributed by atoms with Crippen molar-refractivity contribution in [3.63, 3.8) is 0 Å². The molecule has 1 aliphatic carbocycles. The van der Waals surface area contributed by atoms with Gasteiger partial charge < -0.3 is 0 Å². The Bertz CT molecular complexity index is 184. The number of hydrogen-bond donors (Lipinski definition) is 0. The summed E-state index contributed by atoms with van der Waals surface area (Å²) >= 11 is 6.43. The number of hydrogen-bond acceptors (Lipinski definition) is 0. The summed E-state index contributed by atoms with van der Waals surface area (Å²) in [5, 5.41) is 0.344. The second kappa shape index (κ2) is 6.28. The molecule has 1 atom stereocenters. The molecule has 0 aliphatic heterocycles. The maximum absolute atomic E-state index is 6.43. The van der Waals surface area contributed by atoms with Crippen molar-refractivity contribution in [3.8, 4) is 0 Å². The fourth-order valence-corrected chi connectivity index (χ4v) is 2.87. The third kappa shape index (κ3) is 4.65. The molecule has 1 fully saturated rings. The third-order valence-corrected chi connectivity index (χ3v) is 5.18. The molecule has 1 unspecified atom stereocenters. The molecule has 0 nitrogen and oxygen atoms in total. The van der Waals surface area contributed by atoms with Crippen LogP contribution in [-0.4, -0.2) is 5.38 Å². The van der Waals surface area contributed by atoms with Crippen LogP contribution in [0.5, 0.6) is 0 Å². The van der Waals surface area contributed by atoms with Crippen LogP contribution < -0.4 is 0 Å². The number of rotatable bonds is 4. The van der Waals surface area contributed by atoms with Gasteiger partial charge in [-0.05, 0) is 30.1 Å². The molecule has 1 aliphatic rings. The number of alkyl halides is 1. The van der Waals surface area contributed by atoms with E-state index in [1.807, 2.05) is 0 Å². The molecule has 0 aromatic rings. The lowest BCUT2D eigenvalue weighted by Gasteiger charge is -2.30. The summed E-state index contributed by atoms with van der Waals surface area (Å²) in [6, 6.07) is 0. The highest BCUT2D eigenvalue weighted by molar-refractivity contribution is 6.21. The van der Waals surface area contributed by atoms with Crippen LogP contribution in [0.25, 0.3) is 0 Å². The smallest absolute Gasteiger partial charge is 0.0384 e. The topological polar surface area (TPSA) is 0 Å². The Kier molecular flexibility index (Phi) is 5.64. The van der Waals surface area contributed by atoms with Crippen LogP contribution in [0.2, 0.25) is 0 Å². The molecule has 0 bridgehead atoms. The molecular formula is C15H29Cl. The summed E-state index contributed by atoms with van der Waals surface area (Å²) in [5.41, 5.74) is 0.266. The van der Waals surface area contributed by atoms with Gasteiger partial charge in [-0.25, -0.2) is 0 Å². The Morgan fingerprint density at radius 2 is 1.56 bits per heavy atom. The van der Waals surface area contributed by atoms with Crippen LogP contribution in [0.1, 0.15) is 72.6 Å². The Labute approximate surface area is 107 Å². The molecule has 0 aromatic heterocycles. The lowest BCUT2D eigenvalue weighted by Crippen LogP contribution is -2.22. The van der Waals surface area contributed by atoms with Gasteiger partial charge in [0.15, 0.2) is 0 Å². The lowest BCUT2D eigenvalue weighted by atomic mass is 9.77. The minimum absolute atomic E-state index is 0.266. The van der Waals surface area contributed by atoms with Gasteiger partial charge in [-0.3, -0.25) is 0 Å². The van der Waals surface area contributed by atoms with Crippen molar-refractivity contribution < 1.29 is 0 Å². The molecule has 0 amide bonds. The summed E-state index contributed by atoms with van der Waals surface area (Å²) in [6.07, 6.45) is 9.76. The number of halogens is 1. The van der Waals surface area contributed by atoms with E-state index < -0.39 is 0 Å². The van der Waals surface area contributed by atoms with Crippen LogP contribution in [0, 0.1) is 17.3 Å². The fraction of sp³-hybridized carbons (Fsp3) is 1.00. The van der Waals surface area contributed by atoms with E-state index in [9.17, 15) is 0 Å². The SMILES string of the molecule is CCC1CCC(CCC(Cl)C(C)(C)C)CC1. The molecule has 0 N–H and O–H groups in total. The van der Waals surface area contributed by atoms with Crippen molar-refractivity contribution >= 4 is 11.6 Å². The van der Waals surface area contributed by atoms with Gasteiger partial charge in [0.05, 0.1) is 0 Å². The molecule has 0 saturated heterocycles. The maximum Gasteiger partial charge on any atom is 0.0384 e. The summed E-state index contributed by atoms with van der Waals surface area (Å²) < 4.78 is 0. The standard InChI is InChI=1S/C15H29Cl/c1-5-12-6-8-13(9-7-12)10-11-14(16)15(2,3)4/h12-14H,5-11H2,1-4H3. The molecule has 0 radical (unpaired) electrons. The first-order valence-corrected chi connectivity index (χ1v) is 7.51. The van der Waals surface area contributed by atoms with Crippen LogP contribution >= 0.6 is 11.6 Å². The Hall–Kier alpha value is 0.290. The molecule has 16 heavy (non-hydrogen) atoms. The van der Waals surface area contributed by atoms with Crippen molar-refractivity contribution in [2.24, 2.45) is 17.3 Å². The lowest BCUT2D eigenvalue weighted by molar-refractivity contribution is 0.244. The quantitative estimate of drug-likeness (QED) is 0.562. The molecule has 96 valence electrons. The summed E-state index contributed by atoms with van der Waals surface area (Å²) in [5.74, 6) is 1.98. The highest BCUT2D eigenvalue weighted by Gasteiger charge is 2.25. The zero-order valence-corrected chi connectivity index (χ0v) is 12.3. The van der Waals surface area contributed by atoms with Crippen molar-refractivity contribution in [3.05, 3.63) is 0 Å². The zero-order valence-electron chi connectivity index (χ0n) is 11.6. The van der Waals surface area contributed by atoms with E-state index in [4.69, 9.17) is 11.6 Å². The van der Waals surface area contributed by atoms with Gasteiger partial charge in [-0.1, -0.05) is 59.8 Å². The maximum atomic E-state index is 6.43. The molecule has 1 rings (SSSR count). The predicted octanol–water partition coefficient (Wildman–Crippen LogP) is 5.64. The molecule has 0 aromatic carbocycles. The second-order valence-electron chi connectivity index (χ2n) is 6.71. The first-order chi connectivity index (χ1) is 7.43. The van der Waals surface area contributed by atoms with Crippen LogP contribution in [0.4, 0.5) is 0 Å². The normalized spacial score (nSPS) is 29.1. The summed E-state index contributed by atoms with van der Waals surface area (Å²) in [4.78, 5) is 0. The van der Waals surface area contributed by atoms with Gasteiger partial charge >= 0.3 is 0 Å². The third-order valence-electron chi connectivity index (χ3n) is 4.31. The largest absolute Gasteiger partial charge is 0.122 e. The fourth-order valence-electron chi connectivity index (χ4n) is 2.74. The highest BCUT2D eigenvalue weighted by Crippen LogP contribution is 2.36. The Morgan fingerprint density at radius 1 is 1.06 bits per heavy atom. The molecule has 1 heteroatoms. The highest BCUT2D eigenvalue weighted by atomic mass is 35.5. The summed E-state index contributed by atoms with van der Waals surface area (Å²) in [6.45, 7) is 9.08. The van der Waals surface area contributed by atoms with Crippen molar-refractivity contribution in [2.75, 3.05) is 0 Å². The first-order valence-electron chi connectivity index (χ1n) is 7.07. The van der Waals surface area contributed by atoms with Gasteiger partial charge in [0, 0.05) is 5.38 Å². The minimum Gasteiger partial charge on any atom is -0.122 e. The zero-order chi connectivity index (χ0) is 12.2. The van der Waals surface area contributed by atoms with Crippen molar-refractivity contribution in [2.45, 2.75) is 78.0 Å². The van der Waals surface area contributed by atoms with Crippen LogP contribution in [0.3, 0.4) is 0 Å². The van der Waals surface area contributed by atoms with E-state index in [1.165, 1.54) is 44.9 Å². The van der Waals surface area contributed by atoms with E-state index in [2.05, 4.69) is 27.7 Å². The Balaban J connectivity index is 2.20. The van der Waals surface area contributed by atoms with E-state index in [0.29, 0.717) is 5.38 Å². The van der Waals surface area contributed by atoms with Gasteiger partial charge in [0.25, 0.3) is 0 Å². The molecule has 0 spiro atoms. The van der Waals surface area contributed by atoms with E-state index >= 15 is 0 Å². The van der Waals surface area contributed by atoms with Crippen molar-refractivity contribution in [1.29, 1.82) is 0 Å². The molecular weight excluding hydrogens is 216 g/mol. The van der Waals surface area contributed by atoms with Gasteiger partial charge in [0.1, 0.15) is 0 Å². The van der Waals surface area contributed by atoms with Crippen LogP contribution in [0.15, 0.2) is 0 Å². The average Bonchev–Trinajstić information content (AvgIpc) is 2.25. The van der Waals surface area contributed by atoms with Gasteiger partial charge in [0.2, 0.25) is 0 Å². The average molecular weight is 245 g/mol. The summed E-state index contributed by atoms with van der Waals surface area (Å²) in [7, 11) is 0. The molecule has 1 saturated carbocycles. The Morgan fingerprint density at radius 3 is 2.00 bits per heavy atom. The minimum atomic E-state index is 0.266. The first kappa shape index (κ1) is 14.4. The van der Waals surface area contributed by atoms with Crippen LogP contribution in [-0.2, 0) is 0 Å². The van der Waals surface area contributed by atoms with E-state index in [0.717, 1.165) is 11.8 Å². The van der Waals surface area contributed by atoms with E-state index in [1.54, 1.807) is 0 Å². The second-order valence-corrected chi connectivity index (χ2v) is 7.23.